The molecule has 1 aromatic carbocycles. The van der Waals surface area contributed by atoms with Crippen LogP contribution in [-0.4, -0.2) is 37.8 Å². The molecule has 20 heavy (non-hydrogen) atoms. The van der Waals surface area contributed by atoms with Crippen molar-refractivity contribution in [1.29, 1.82) is 0 Å². The molecule has 0 aliphatic carbocycles. The molecule has 3 rings (SSSR count). The lowest BCUT2D eigenvalue weighted by Crippen LogP contribution is -2.35. The highest BCUT2D eigenvalue weighted by Crippen LogP contribution is 2.33. The third-order valence-corrected chi connectivity index (χ3v) is 6.26. The van der Waals surface area contributed by atoms with Crippen molar-refractivity contribution in [1.82, 2.24) is 9.62 Å². The third kappa shape index (κ3) is 2.30. The van der Waals surface area contributed by atoms with Gasteiger partial charge >= 0.3 is 0 Å². The first-order valence-electron chi connectivity index (χ1n) is 6.12. The van der Waals surface area contributed by atoms with Gasteiger partial charge in [-0.1, -0.05) is 23.2 Å². The first kappa shape index (κ1) is 14.1. The number of sulfonamides is 1. The number of carbonyl (C=O) groups excluding carboxylic acids is 1. The van der Waals surface area contributed by atoms with Gasteiger partial charge in [0.15, 0.2) is 0 Å². The van der Waals surface area contributed by atoms with E-state index in [2.05, 4.69) is 5.32 Å². The van der Waals surface area contributed by atoms with Crippen molar-refractivity contribution < 1.29 is 13.2 Å². The fourth-order valence-corrected chi connectivity index (χ4v) is 4.98. The minimum Gasteiger partial charge on any atom is -0.352 e. The quantitative estimate of drug-likeness (QED) is 0.891. The minimum atomic E-state index is -3.69. The van der Waals surface area contributed by atoms with Crippen LogP contribution in [0.15, 0.2) is 23.1 Å². The average molecular weight is 335 g/mol. The van der Waals surface area contributed by atoms with Crippen molar-refractivity contribution >= 4 is 39.1 Å². The predicted octanol–water partition coefficient (Wildman–Crippen LogP) is 1.50. The Morgan fingerprint density at radius 3 is 2.70 bits per heavy atom. The first-order chi connectivity index (χ1) is 9.38. The van der Waals surface area contributed by atoms with E-state index in [1.165, 1.54) is 16.4 Å². The molecule has 1 N–H and O–H groups in total. The maximum Gasteiger partial charge on any atom is 0.244 e. The number of rotatable bonds is 2. The van der Waals surface area contributed by atoms with E-state index in [9.17, 15) is 13.2 Å². The van der Waals surface area contributed by atoms with Crippen LogP contribution in [0.3, 0.4) is 0 Å². The van der Waals surface area contributed by atoms with E-state index in [1.54, 1.807) is 6.07 Å². The molecule has 0 spiro atoms. The SMILES string of the molecule is O=C1C[C@H]2CN(S(=O)(=O)c3cc(Cl)ccc3Cl)C[C@H]2N1. The van der Waals surface area contributed by atoms with Gasteiger partial charge in [0.2, 0.25) is 15.9 Å². The molecule has 2 atom stereocenters. The van der Waals surface area contributed by atoms with Gasteiger partial charge in [-0.2, -0.15) is 4.31 Å². The maximum absolute atomic E-state index is 12.6. The molecule has 5 nitrogen and oxygen atoms in total. The second kappa shape index (κ2) is 4.87. The summed E-state index contributed by atoms with van der Waals surface area (Å²) in [6.07, 6.45) is 0.375. The lowest BCUT2D eigenvalue weighted by Gasteiger charge is -2.18. The van der Waals surface area contributed by atoms with Crippen molar-refractivity contribution in [2.24, 2.45) is 5.92 Å². The highest BCUT2D eigenvalue weighted by Gasteiger charge is 2.44. The van der Waals surface area contributed by atoms with Crippen LogP contribution in [0, 0.1) is 5.92 Å². The summed E-state index contributed by atoms with van der Waals surface area (Å²) in [5.41, 5.74) is 0. The molecule has 0 radical (unpaired) electrons. The molecule has 2 saturated heterocycles. The topological polar surface area (TPSA) is 66.5 Å². The lowest BCUT2D eigenvalue weighted by atomic mass is 10.1. The molecule has 0 saturated carbocycles. The highest BCUT2D eigenvalue weighted by atomic mass is 35.5. The monoisotopic (exact) mass is 334 g/mol. The van der Waals surface area contributed by atoms with Gasteiger partial charge in [-0.05, 0) is 18.2 Å². The minimum absolute atomic E-state index is 0.0120. The second-order valence-corrected chi connectivity index (χ2v) is 7.78. The number of carbonyl (C=O) groups is 1. The molecular weight excluding hydrogens is 323 g/mol. The predicted molar refractivity (Wildman–Crippen MR) is 75.3 cm³/mol. The normalized spacial score (nSPS) is 26.6. The standard InChI is InChI=1S/C12H12Cl2N2O3S/c13-8-1-2-9(14)11(4-8)20(18,19)16-5-7-3-12(17)15-10(7)6-16/h1-2,4,7,10H,3,5-6H2,(H,15,17)/t7-,10+/m0/s1. The Balaban J connectivity index is 1.90. The first-order valence-corrected chi connectivity index (χ1v) is 8.32. The molecule has 108 valence electrons. The molecular formula is C12H12Cl2N2O3S. The summed E-state index contributed by atoms with van der Waals surface area (Å²) in [7, 11) is -3.69. The molecule has 0 aromatic heterocycles. The Bertz CT molecular complexity index is 661. The number of nitrogens with zero attached hydrogens (tertiary/aromatic N) is 1. The molecule has 2 aliphatic rings. The maximum atomic E-state index is 12.6. The van der Waals surface area contributed by atoms with Gasteiger partial charge in [0.1, 0.15) is 4.90 Å². The van der Waals surface area contributed by atoms with Gasteiger partial charge in [-0.25, -0.2) is 8.42 Å². The van der Waals surface area contributed by atoms with E-state index >= 15 is 0 Å². The fourth-order valence-electron chi connectivity index (χ4n) is 2.72. The second-order valence-electron chi connectivity index (χ2n) is 5.03. The summed E-state index contributed by atoms with van der Waals surface area (Å²) >= 11 is 11.8. The summed E-state index contributed by atoms with van der Waals surface area (Å²) in [6.45, 7) is 0.607. The van der Waals surface area contributed by atoms with Crippen molar-refractivity contribution in [3.05, 3.63) is 28.2 Å². The van der Waals surface area contributed by atoms with E-state index in [1.807, 2.05) is 0 Å². The molecule has 2 fully saturated rings. The van der Waals surface area contributed by atoms with Gasteiger partial charge in [-0.15, -0.1) is 0 Å². The zero-order valence-corrected chi connectivity index (χ0v) is 12.7. The van der Waals surface area contributed by atoms with Crippen LogP contribution in [0.5, 0.6) is 0 Å². The number of hydrogen-bond acceptors (Lipinski definition) is 3. The fraction of sp³-hybridized carbons (Fsp3) is 0.417. The Morgan fingerprint density at radius 1 is 1.25 bits per heavy atom. The number of nitrogens with one attached hydrogen (secondary N) is 1. The van der Waals surface area contributed by atoms with Crippen molar-refractivity contribution in [3.8, 4) is 0 Å². The van der Waals surface area contributed by atoms with Crippen molar-refractivity contribution in [3.63, 3.8) is 0 Å². The Kier molecular flexibility index (Phi) is 3.44. The van der Waals surface area contributed by atoms with Crippen LogP contribution in [0.2, 0.25) is 10.0 Å². The van der Waals surface area contributed by atoms with Gasteiger partial charge in [0, 0.05) is 36.5 Å². The molecule has 0 bridgehead atoms. The molecule has 2 aliphatic heterocycles. The summed E-state index contributed by atoms with van der Waals surface area (Å²) in [6, 6.07) is 4.26. The molecule has 2 heterocycles. The van der Waals surface area contributed by atoms with E-state index in [4.69, 9.17) is 23.2 Å². The van der Waals surface area contributed by atoms with Crippen molar-refractivity contribution in [2.45, 2.75) is 17.4 Å². The van der Waals surface area contributed by atoms with Gasteiger partial charge in [0.05, 0.1) is 5.02 Å². The van der Waals surface area contributed by atoms with E-state index in [0.717, 1.165) is 0 Å². The van der Waals surface area contributed by atoms with E-state index in [0.29, 0.717) is 18.0 Å². The average Bonchev–Trinajstić information content (AvgIpc) is 2.89. The number of halogens is 2. The molecule has 1 aromatic rings. The molecule has 0 unspecified atom stereocenters. The summed E-state index contributed by atoms with van der Waals surface area (Å²) in [5, 5.41) is 3.26. The summed E-state index contributed by atoms with van der Waals surface area (Å²) in [4.78, 5) is 11.3. The third-order valence-electron chi connectivity index (χ3n) is 3.71. The zero-order chi connectivity index (χ0) is 14.5. The Labute approximate surface area is 126 Å². The van der Waals surface area contributed by atoms with Crippen LogP contribution in [0.25, 0.3) is 0 Å². The van der Waals surface area contributed by atoms with Crippen LogP contribution >= 0.6 is 23.2 Å². The van der Waals surface area contributed by atoms with Crippen LogP contribution in [0.1, 0.15) is 6.42 Å². The van der Waals surface area contributed by atoms with Crippen LogP contribution in [-0.2, 0) is 14.8 Å². The van der Waals surface area contributed by atoms with Gasteiger partial charge in [-0.3, -0.25) is 4.79 Å². The number of benzene rings is 1. The number of fused-ring (bicyclic) bond motifs is 1. The Morgan fingerprint density at radius 2 is 2.00 bits per heavy atom. The summed E-state index contributed by atoms with van der Waals surface area (Å²) in [5.74, 6) is 0.0214. The Hall–Kier alpha value is -0.820. The molecule has 1 amide bonds. The largest absolute Gasteiger partial charge is 0.352 e. The van der Waals surface area contributed by atoms with Crippen molar-refractivity contribution in [2.75, 3.05) is 13.1 Å². The smallest absolute Gasteiger partial charge is 0.244 e. The molecule has 8 heteroatoms. The van der Waals surface area contributed by atoms with Gasteiger partial charge in [0.25, 0.3) is 0 Å². The zero-order valence-electron chi connectivity index (χ0n) is 10.3. The summed E-state index contributed by atoms with van der Waals surface area (Å²) < 4.78 is 26.5. The number of amides is 1. The lowest BCUT2D eigenvalue weighted by molar-refractivity contribution is -0.119. The van der Waals surface area contributed by atoms with E-state index < -0.39 is 10.0 Å². The van der Waals surface area contributed by atoms with Crippen LogP contribution in [0.4, 0.5) is 0 Å². The number of hydrogen-bond donors (Lipinski definition) is 1. The van der Waals surface area contributed by atoms with Gasteiger partial charge < -0.3 is 5.32 Å². The van der Waals surface area contributed by atoms with Crippen LogP contribution < -0.4 is 5.32 Å². The highest BCUT2D eigenvalue weighted by molar-refractivity contribution is 7.89. The van der Waals surface area contributed by atoms with E-state index in [-0.39, 0.29) is 34.3 Å².